The molecule has 2 aromatic carbocycles. The van der Waals surface area contributed by atoms with E-state index in [2.05, 4.69) is 0 Å². The van der Waals surface area contributed by atoms with E-state index in [0.717, 1.165) is 5.56 Å². The predicted octanol–water partition coefficient (Wildman–Crippen LogP) is 3.07. The highest BCUT2D eigenvalue weighted by Crippen LogP contribution is 2.21. The first-order valence-electron chi connectivity index (χ1n) is 5.51. The molecule has 2 heteroatoms. The second kappa shape index (κ2) is 4.83. The van der Waals surface area contributed by atoms with Crippen LogP contribution in [0.5, 0.6) is 0 Å². The number of nitrogen functional groups attached to an aromatic ring is 1. The Morgan fingerprint density at radius 3 is 2.41 bits per heavy atom. The van der Waals surface area contributed by atoms with Gasteiger partial charge in [0.05, 0.1) is 0 Å². The molecule has 0 atom stereocenters. The minimum absolute atomic E-state index is 0.0354. The van der Waals surface area contributed by atoms with Crippen LogP contribution in [0.15, 0.2) is 48.5 Å². The minimum atomic E-state index is -0.0354. The highest BCUT2D eigenvalue weighted by molar-refractivity contribution is 6.12. The van der Waals surface area contributed by atoms with Crippen molar-refractivity contribution in [2.75, 3.05) is 5.73 Å². The molecule has 1 radical (unpaired) electrons. The van der Waals surface area contributed by atoms with E-state index in [-0.39, 0.29) is 5.78 Å². The maximum absolute atomic E-state index is 12.2. The first kappa shape index (κ1) is 11.4. The van der Waals surface area contributed by atoms with Crippen molar-refractivity contribution in [2.24, 2.45) is 0 Å². The molecule has 0 fully saturated rings. The van der Waals surface area contributed by atoms with E-state index in [1.807, 2.05) is 43.7 Å². The van der Waals surface area contributed by atoms with E-state index in [1.54, 1.807) is 18.2 Å². The van der Waals surface area contributed by atoms with Crippen molar-refractivity contribution >= 4 is 11.5 Å². The van der Waals surface area contributed by atoms with Crippen molar-refractivity contribution in [1.29, 1.82) is 0 Å². The molecule has 0 bridgehead atoms. The first-order chi connectivity index (χ1) is 8.24. The van der Waals surface area contributed by atoms with E-state index < -0.39 is 0 Å². The molecule has 0 heterocycles. The summed E-state index contributed by atoms with van der Waals surface area (Å²) in [6.07, 6.45) is 1.90. The number of para-hydroxylation sites is 1. The van der Waals surface area contributed by atoms with Gasteiger partial charge in [-0.2, -0.15) is 0 Å². The molecule has 0 aliphatic heterocycles. The summed E-state index contributed by atoms with van der Waals surface area (Å²) in [6, 6.07) is 14.7. The van der Waals surface area contributed by atoms with Gasteiger partial charge in [0.15, 0.2) is 5.78 Å². The third-order valence-electron chi connectivity index (χ3n) is 2.73. The van der Waals surface area contributed by atoms with Crippen LogP contribution < -0.4 is 5.73 Å². The Balaban J connectivity index is 2.45. The molecule has 0 saturated heterocycles. The average Bonchev–Trinajstić information content (AvgIpc) is 2.39. The lowest BCUT2D eigenvalue weighted by molar-refractivity contribution is 0.103. The third kappa shape index (κ3) is 2.21. The van der Waals surface area contributed by atoms with Crippen molar-refractivity contribution < 1.29 is 4.79 Å². The molecule has 2 nitrogen and oxygen atoms in total. The predicted molar refractivity (Wildman–Crippen MR) is 69.8 cm³/mol. The molecule has 0 unspecified atom stereocenters. The lowest BCUT2D eigenvalue weighted by Crippen LogP contribution is -2.06. The molecule has 0 saturated carbocycles. The summed E-state index contributed by atoms with van der Waals surface area (Å²) in [5.74, 6) is -0.0354. The summed E-state index contributed by atoms with van der Waals surface area (Å²) in [7, 11) is 0. The summed E-state index contributed by atoms with van der Waals surface area (Å²) in [4.78, 5) is 12.2. The number of hydrogen-bond donors (Lipinski definition) is 1. The van der Waals surface area contributed by atoms with Crippen molar-refractivity contribution in [3.05, 3.63) is 71.6 Å². The van der Waals surface area contributed by atoms with Crippen LogP contribution in [-0.2, 0) is 0 Å². The Kier molecular flexibility index (Phi) is 3.24. The standard InChI is InChI=1S/C15H14NO/c1-2-11-9-6-10-13(14(11)16)15(17)12-7-4-3-5-8-12/h2-10H,16H2,1H3. The van der Waals surface area contributed by atoms with Crippen LogP contribution in [0, 0.1) is 6.42 Å². The number of rotatable bonds is 3. The quantitative estimate of drug-likeness (QED) is 0.643. The Labute approximate surface area is 101 Å². The van der Waals surface area contributed by atoms with E-state index in [0.29, 0.717) is 16.8 Å². The summed E-state index contributed by atoms with van der Waals surface area (Å²) in [5.41, 5.74) is 8.64. The fourth-order valence-electron chi connectivity index (χ4n) is 1.78. The molecule has 17 heavy (non-hydrogen) atoms. The number of carbonyl (C=O) groups excluding carboxylic acids is 1. The van der Waals surface area contributed by atoms with E-state index >= 15 is 0 Å². The van der Waals surface area contributed by atoms with Gasteiger partial charge in [-0.05, 0) is 18.1 Å². The Morgan fingerprint density at radius 1 is 1.06 bits per heavy atom. The fraction of sp³-hybridized carbons (Fsp3) is 0.0667. The summed E-state index contributed by atoms with van der Waals surface area (Å²) >= 11 is 0. The Hall–Kier alpha value is -2.09. The molecule has 85 valence electrons. The maximum atomic E-state index is 12.2. The highest BCUT2D eigenvalue weighted by Gasteiger charge is 2.13. The number of nitrogens with two attached hydrogens (primary N) is 1. The van der Waals surface area contributed by atoms with Crippen molar-refractivity contribution in [2.45, 2.75) is 6.92 Å². The molecular formula is C15H14NO. The zero-order chi connectivity index (χ0) is 12.3. The van der Waals surface area contributed by atoms with Gasteiger partial charge in [-0.1, -0.05) is 49.4 Å². The zero-order valence-electron chi connectivity index (χ0n) is 9.68. The maximum Gasteiger partial charge on any atom is 0.195 e. The van der Waals surface area contributed by atoms with Crippen molar-refractivity contribution in [3.8, 4) is 0 Å². The van der Waals surface area contributed by atoms with Crippen LogP contribution in [0.4, 0.5) is 5.69 Å². The normalized spacial score (nSPS) is 10.2. The lowest BCUT2D eigenvalue weighted by atomic mass is 9.98. The van der Waals surface area contributed by atoms with Crippen LogP contribution >= 0.6 is 0 Å². The topological polar surface area (TPSA) is 43.1 Å². The van der Waals surface area contributed by atoms with Gasteiger partial charge in [-0.3, -0.25) is 4.79 Å². The molecule has 2 N–H and O–H groups in total. The van der Waals surface area contributed by atoms with E-state index in [4.69, 9.17) is 5.73 Å². The molecular weight excluding hydrogens is 210 g/mol. The zero-order valence-corrected chi connectivity index (χ0v) is 9.68. The number of anilines is 1. The fourth-order valence-corrected chi connectivity index (χ4v) is 1.78. The van der Waals surface area contributed by atoms with Gasteiger partial charge in [-0.25, -0.2) is 0 Å². The second-order valence-electron chi connectivity index (χ2n) is 3.79. The Morgan fingerprint density at radius 2 is 1.76 bits per heavy atom. The van der Waals surface area contributed by atoms with Crippen molar-refractivity contribution in [1.82, 2.24) is 0 Å². The average molecular weight is 224 g/mol. The van der Waals surface area contributed by atoms with E-state index in [9.17, 15) is 4.79 Å². The van der Waals surface area contributed by atoms with Crippen LogP contribution in [-0.4, -0.2) is 5.78 Å². The lowest BCUT2D eigenvalue weighted by Gasteiger charge is -2.08. The molecule has 0 aliphatic carbocycles. The van der Waals surface area contributed by atoms with Gasteiger partial charge in [0, 0.05) is 16.8 Å². The number of ketones is 1. The number of benzene rings is 2. The van der Waals surface area contributed by atoms with Gasteiger partial charge < -0.3 is 5.73 Å². The van der Waals surface area contributed by atoms with Gasteiger partial charge in [-0.15, -0.1) is 0 Å². The van der Waals surface area contributed by atoms with Crippen LogP contribution in [0.25, 0.3) is 0 Å². The van der Waals surface area contributed by atoms with Gasteiger partial charge >= 0.3 is 0 Å². The van der Waals surface area contributed by atoms with Crippen molar-refractivity contribution in [3.63, 3.8) is 0 Å². The molecule has 0 aliphatic rings. The van der Waals surface area contributed by atoms with Gasteiger partial charge in [0.25, 0.3) is 0 Å². The Bertz CT molecular complexity index is 532. The smallest absolute Gasteiger partial charge is 0.195 e. The van der Waals surface area contributed by atoms with Crippen LogP contribution in [0.1, 0.15) is 28.4 Å². The van der Waals surface area contributed by atoms with Crippen LogP contribution in [0.3, 0.4) is 0 Å². The first-order valence-corrected chi connectivity index (χ1v) is 5.51. The summed E-state index contributed by atoms with van der Waals surface area (Å²) in [6.45, 7) is 1.91. The molecule has 2 aromatic rings. The highest BCUT2D eigenvalue weighted by atomic mass is 16.1. The van der Waals surface area contributed by atoms with Gasteiger partial charge in [0.2, 0.25) is 0 Å². The minimum Gasteiger partial charge on any atom is -0.398 e. The summed E-state index contributed by atoms with van der Waals surface area (Å²) < 4.78 is 0. The summed E-state index contributed by atoms with van der Waals surface area (Å²) in [5, 5.41) is 0. The molecule has 0 amide bonds. The number of carbonyl (C=O) groups is 1. The largest absolute Gasteiger partial charge is 0.398 e. The van der Waals surface area contributed by atoms with Crippen LogP contribution in [0.2, 0.25) is 0 Å². The van der Waals surface area contributed by atoms with Gasteiger partial charge in [0.1, 0.15) is 0 Å². The third-order valence-corrected chi connectivity index (χ3v) is 2.73. The molecule has 2 rings (SSSR count). The molecule has 0 spiro atoms. The SMILES string of the molecule is C[CH]c1cccc(C(=O)c2ccccc2)c1N. The molecule has 0 aromatic heterocycles. The second-order valence-corrected chi connectivity index (χ2v) is 3.79. The van der Waals surface area contributed by atoms with E-state index in [1.165, 1.54) is 0 Å². The number of hydrogen-bond acceptors (Lipinski definition) is 2. The monoisotopic (exact) mass is 224 g/mol.